The summed E-state index contributed by atoms with van der Waals surface area (Å²) in [6, 6.07) is 12.8. The van der Waals surface area contributed by atoms with E-state index in [4.69, 9.17) is 19.3 Å². The molecule has 4 rings (SSSR count). The number of H-pyrrole nitrogens is 1. The van der Waals surface area contributed by atoms with Crippen molar-refractivity contribution in [3.63, 3.8) is 0 Å². The standard InChI is InChI=1S/C16H11N3O5/c20-16(21)14-15(18-19-17-14)24-11-3-1-2-9(6-11)10-4-5-12-13(7-10)23-8-22-12/h1-7H,8H2,(H,20,21)(H,17,18,19). The van der Waals surface area contributed by atoms with E-state index in [0.29, 0.717) is 17.2 Å². The minimum absolute atomic E-state index is 0.0923. The summed E-state index contributed by atoms with van der Waals surface area (Å²) in [6.07, 6.45) is 0. The van der Waals surface area contributed by atoms with Gasteiger partial charge in [-0.15, -0.1) is 0 Å². The molecule has 2 aromatic carbocycles. The van der Waals surface area contributed by atoms with Gasteiger partial charge in [0.15, 0.2) is 11.5 Å². The Morgan fingerprint density at radius 1 is 1.12 bits per heavy atom. The number of aromatic nitrogens is 3. The van der Waals surface area contributed by atoms with Crippen LogP contribution in [0, 0.1) is 0 Å². The fourth-order valence-corrected chi connectivity index (χ4v) is 2.36. The zero-order chi connectivity index (χ0) is 16.5. The Morgan fingerprint density at radius 3 is 2.83 bits per heavy atom. The molecule has 2 heterocycles. The number of carboxylic acid groups (broad SMARTS) is 1. The lowest BCUT2D eigenvalue weighted by atomic mass is 10.0. The lowest BCUT2D eigenvalue weighted by molar-refractivity contribution is 0.0687. The Bertz CT molecular complexity index is 922. The molecule has 0 amide bonds. The first kappa shape index (κ1) is 14.1. The Hall–Kier alpha value is -3.55. The van der Waals surface area contributed by atoms with Crippen molar-refractivity contribution in [3.05, 3.63) is 48.2 Å². The first-order chi connectivity index (χ1) is 11.7. The number of nitrogens with zero attached hydrogens (tertiary/aromatic N) is 2. The van der Waals surface area contributed by atoms with E-state index in [9.17, 15) is 4.79 Å². The van der Waals surface area contributed by atoms with Gasteiger partial charge in [0.05, 0.1) is 0 Å². The molecular formula is C16H11N3O5. The predicted molar refractivity (Wildman–Crippen MR) is 81.4 cm³/mol. The third kappa shape index (κ3) is 2.50. The molecule has 0 fully saturated rings. The van der Waals surface area contributed by atoms with Crippen molar-refractivity contribution < 1.29 is 24.1 Å². The van der Waals surface area contributed by atoms with Gasteiger partial charge in [0.2, 0.25) is 12.5 Å². The van der Waals surface area contributed by atoms with E-state index in [0.717, 1.165) is 11.1 Å². The summed E-state index contributed by atoms with van der Waals surface area (Å²) in [7, 11) is 0. The number of aromatic amines is 1. The van der Waals surface area contributed by atoms with Crippen LogP contribution < -0.4 is 14.2 Å². The van der Waals surface area contributed by atoms with Gasteiger partial charge in [0, 0.05) is 0 Å². The van der Waals surface area contributed by atoms with E-state index < -0.39 is 5.97 Å². The van der Waals surface area contributed by atoms with Crippen LogP contribution in [0.1, 0.15) is 10.5 Å². The molecule has 3 aromatic rings. The fraction of sp³-hybridized carbons (Fsp3) is 0.0625. The summed E-state index contributed by atoms with van der Waals surface area (Å²) >= 11 is 0. The molecule has 0 spiro atoms. The Kier molecular flexibility index (Phi) is 3.27. The second kappa shape index (κ2) is 5.58. The van der Waals surface area contributed by atoms with Gasteiger partial charge in [0.1, 0.15) is 5.75 Å². The van der Waals surface area contributed by atoms with Crippen LogP contribution in [0.15, 0.2) is 42.5 Å². The van der Waals surface area contributed by atoms with Crippen molar-refractivity contribution in [2.24, 2.45) is 0 Å². The Balaban J connectivity index is 1.64. The number of benzene rings is 2. The molecule has 0 bridgehead atoms. The zero-order valence-electron chi connectivity index (χ0n) is 12.2. The highest BCUT2D eigenvalue weighted by Gasteiger charge is 2.17. The van der Waals surface area contributed by atoms with E-state index in [2.05, 4.69) is 15.4 Å². The molecule has 8 nitrogen and oxygen atoms in total. The monoisotopic (exact) mass is 325 g/mol. The van der Waals surface area contributed by atoms with E-state index in [1.54, 1.807) is 18.2 Å². The van der Waals surface area contributed by atoms with Gasteiger partial charge in [-0.25, -0.2) is 9.89 Å². The number of fused-ring (bicyclic) bond motifs is 1. The van der Waals surface area contributed by atoms with Crippen LogP contribution in [-0.2, 0) is 0 Å². The topological polar surface area (TPSA) is 107 Å². The molecule has 0 saturated heterocycles. The average molecular weight is 325 g/mol. The highest BCUT2D eigenvalue weighted by atomic mass is 16.7. The van der Waals surface area contributed by atoms with Crippen molar-refractivity contribution in [1.82, 2.24) is 15.4 Å². The zero-order valence-corrected chi connectivity index (χ0v) is 12.2. The third-order valence-corrected chi connectivity index (χ3v) is 3.48. The van der Waals surface area contributed by atoms with Crippen molar-refractivity contribution in [1.29, 1.82) is 0 Å². The number of hydrogen-bond acceptors (Lipinski definition) is 6. The molecule has 8 heteroatoms. The Labute approximate surface area is 135 Å². The number of carbonyl (C=O) groups is 1. The largest absolute Gasteiger partial charge is 0.476 e. The molecule has 0 unspecified atom stereocenters. The van der Waals surface area contributed by atoms with Crippen molar-refractivity contribution in [2.45, 2.75) is 0 Å². The van der Waals surface area contributed by atoms with E-state index in [1.165, 1.54) is 0 Å². The van der Waals surface area contributed by atoms with E-state index in [-0.39, 0.29) is 18.4 Å². The molecule has 2 N–H and O–H groups in total. The van der Waals surface area contributed by atoms with Gasteiger partial charge >= 0.3 is 5.97 Å². The molecular weight excluding hydrogens is 314 g/mol. The smallest absolute Gasteiger partial charge is 0.359 e. The molecule has 1 aliphatic rings. The summed E-state index contributed by atoms with van der Waals surface area (Å²) in [4.78, 5) is 11.1. The maximum atomic E-state index is 11.1. The normalized spacial score (nSPS) is 12.2. The third-order valence-electron chi connectivity index (χ3n) is 3.48. The number of rotatable bonds is 4. The molecule has 0 atom stereocenters. The molecule has 0 radical (unpaired) electrons. The minimum Gasteiger partial charge on any atom is -0.476 e. The van der Waals surface area contributed by atoms with Gasteiger partial charge in [-0.2, -0.15) is 0 Å². The van der Waals surface area contributed by atoms with Crippen LogP contribution in [0.25, 0.3) is 11.1 Å². The summed E-state index contributed by atoms with van der Waals surface area (Å²) < 4.78 is 16.2. The maximum absolute atomic E-state index is 11.1. The van der Waals surface area contributed by atoms with Gasteiger partial charge < -0.3 is 19.3 Å². The molecule has 1 aliphatic heterocycles. The fourth-order valence-electron chi connectivity index (χ4n) is 2.36. The molecule has 1 aromatic heterocycles. The highest BCUT2D eigenvalue weighted by Crippen LogP contribution is 2.36. The summed E-state index contributed by atoms with van der Waals surface area (Å²) in [5, 5.41) is 18.4. The van der Waals surface area contributed by atoms with Gasteiger partial charge in [-0.05, 0) is 35.4 Å². The van der Waals surface area contributed by atoms with Crippen LogP contribution in [-0.4, -0.2) is 33.3 Å². The predicted octanol–water partition coefficient (Wildman–Crippen LogP) is 2.69. The first-order valence-electron chi connectivity index (χ1n) is 7.03. The minimum atomic E-state index is -1.19. The summed E-state index contributed by atoms with van der Waals surface area (Å²) in [5.74, 6) is 0.553. The van der Waals surface area contributed by atoms with Crippen LogP contribution in [0.3, 0.4) is 0 Å². The first-order valence-corrected chi connectivity index (χ1v) is 7.03. The van der Waals surface area contributed by atoms with E-state index in [1.807, 2.05) is 24.3 Å². The second-order valence-electron chi connectivity index (χ2n) is 5.00. The molecule has 24 heavy (non-hydrogen) atoms. The van der Waals surface area contributed by atoms with Crippen molar-refractivity contribution >= 4 is 5.97 Å². The molecule has 0 aliphatic carbocycles. The SMILES string of the molecule is O=C(O)c1[nH]nnc1Oc1cccc(-c2ccc3c(c2)OCO3)c1. The van der Waals surface area contributed by atoms with E-state index >= 15 is 0 Å². The van der Waals surface area contributed by atoms with Crippen LogP contribution >= 0.6 is 0 Å². The number of carboxylic acids is 1. The number of hydrogen-bond donors (Lipinski definition) is 2. The lowest BCUT2D eigenvalue weighted by Crippen LogP contribution is -1.99. The highest BCUT2D eigenvalue weighted by molar-refractivity contribution is 5.87. The summed E-state index contributed by atoms with van der Waals surface area (Å²) in [5.41, 5.74) is 1.60. The lowest BCUT2D eigenvalue weighted by Gasteiger charge is -2.07. The van der Waals surface area contributed by atoms with Gasteiger partial charge in [-0.1, -0.05) is 28.5 Å². The van der Waals surface area contributed by atoms with Crippen LogP contribution in [0.2, 0.25) is 0 Å². The maximum Gasteiger partial charge on any atom is 0.359 e. The second-order valence-corrected chi connectivity index (χ2v) is 5.00. The number of nitrogens with one attached hydrogen (secondary N) is 1. The van der Waals surface area contributed by atoms with Gasteiger partial charge in [-0.3, -0.25) is 0 Å². The quantitative estimate of drug-likeness (QED) is 0.759. The summed E-state index contributed by atoms with van der Waals surface area (Å²) in [6.45, 7) is 0.214. The number of aromatic carboxylic acids is 1. The van der Waals surface area contributed by atoms with Gasteiger partial charge in [0.25, 0.3) is 5.88 Å². The average Bonchev–Trinajstić information content (AvgIpc) is 3.23. The van der Waals surface area contributed by atoms with Crippen LogP contribution in [0.4, 0.5) is 0 Å². The number of ether oxygens (including phenoxy) is 3. The van der Waals surface area contributed by atoms with Crippen molar-refractivity contribution in [2.75, 3.05) is 6.79 Å². The molecule has 120 valence electrons. The van der Waals surface area contributed by atoms with Crippen LogP contribution in [0.5, 0.6) is 23.1 Å². The Morgan fingerprint density at radius 2 is 1.96 bits per heavy atom. The van der Waals surface area contributed by atoms with Crippen molar-refractivity contribution in [3.8, 4) is 34.3 Å². The molecule has 0 saturated carbocycles.